The normalized spacial score (nSPS) is 11.0. The zero-order valence-corrected chi connectivity index (χ0v) is 15.8. The fraction of sp³-hybridized carbons (Fsp3) is 0.500. The summed E-state index contributed by atoms with van der Waals surface area (Å²) in [4.78, 5) is 6.59. The fourth-order valence-electron chi connectivity index (χ4n) is 2.16. The van der Waals surface area contributed by atoms with Crippen molar-refractivity contribution in [1.29, 1.82) is 0 Å². The summed E-state index contributed by atoms with van der Waals surface area (Å²) in [5, 5.41) is 3.95. The predicted octanol–water partition coefficient (Wildman–Crippen LogP) is 2.11. The molecule has 24 heavy (non-hydrogen) atoms. The number of hydrogen-bond donors (Lipinski definition) is 2. The maximum Gasteiger partial charge on any atom is 0.240 e. The summed E-state index contributed by atoms with van der Waals surface area (Å²) in [6, 6.07) is 10.4. The lowest BCUT2D eigenvalue weighted by Crippen LogP contribution is -2.32. The maximum absolute atomic E-state index is 5.98. The Morgan fingerprint density at radius 2 is 1.79 bits per heavy atom. The molecule has 2 rings (SSSR count). The van der Waals surface area contributed by atoms with Gasteiger partial charge in [-0.05, 0) is 25.8 Å². The molecule has 2 aromatic rings. The minimum Gasteiger partial charge on any atom is -0.338 e. The zero-order chi connectivity index (χ0) is 16.0. The molecule has 0 saturated carbocycles. The van der Waals surface area contributed by atoms with Crippen LogP contribution in [0.2, 0.25) is 0 Å². The molecular weight excluding hydrogens is 349 g/mol. The number of nitrogens with two attached hydrogens (primary N) is 2. The van der Waals surface area contributed by atoms with E-state index in [4.69, 9.17) is 16.0 Å². The van der Waals surface area contributed by atoms with Crippen LogP contribution in [0.15, 0.2) is 34.9 Å². The van der Waals surface area contributed by atoms with E-state index in [1.165, 1.54) is 5.56 Å². The van der Waals surface area contributed by atoms with Crippen LogP contribution in [0.1, 0.15) is 31.1 Å². The van der Waals surface area contributed by atoms with Gasteiger partial charge in [-0.3, -0.25) is 4.90 Å². The molecular formula is C16H27Cl2N5O. The largest absolute Gasteiger partial charge is 0.338 e. The van der Waals surface area contributed by atoms with E-state index in [0.29, 0.717) is 24.8 Å². The summed E-state index contributed by atoms with van der Waals surface area (Å²) in [5.41, 5.74) is 12.4. The van der Waals surface area contributed by atoms with Gasteiger partial charge in [-0.2, -0.15) is 4.98 Å². The van der Waals surface area contributed by atoms with Crippen LogP contribution in [0.5, 0.6) is 0 Å². The number of halogens is 2. The first-order chi connectivity index (χ1) is 10.5. The molecule has 0 fully saturated rings. The molecule has 0 spiro atoms. The van der Waals surface area contributed by atoms with E-state index in [9.17, 15) is 0 Å². The maximum atomic E-state index is 5.98. The van der Waals surface area contributed by atoms with Crippen molar-refractivity contribution in [2.24, 2.45) is 11.5 Å². The van der Waals surface area contributed by atoms with Gasteiger partial charge in [0, 0.05) is 19.6 Å². The van der Waals surface area contributed by atoms with E-state index in [1.54, 1.807) is 0 Å². The van der Waals surface area contributed by atoms with Crippen LogP contribution >= 0.6 is 24.8 Å². The van der Waals surface area contributed by atoms with Crippen LogP contribution in [0.25, 0.3) is 0 Å². The Morgan fingerprint density at radius 1 is 1.12 bits per heavy atom. The summed E-state index contributed by atoms with van der Waals surface area (Å²) >= 11 is 0. The highest BCUT2D eigenvalue weighted by Crippen LogP contribution is 2.13. The van der Waals surface area contributed by atoms with E-state index in [-0.39, 0.29) is 24.8 Å². The Morgan fingerprint density at radius 3 is 2.33 bits per heavy atom. The van der Waals surface area contributed by atoms with Crippen LogP contribution < -0.4 is 11.5 Å². The van der Waals surface area contributed by atoms with Crippen molar-refractivity contribution in [2.45, 2.75) is 32.4 Å². The first kappa shape index (κ1) is 22.8. The van der Waals surface area contributed by atoms with Gasteiger partial charge in [0.05, 0.1) is 12.1 Å². The molecule has 0 aliphatic rings. The molecule has 0 amide bonds. The molecule has 0 aliphatic heterocycles. The van der Waals surface area contributed by atoms with Crippen LogP contribution in [0.4, 0.5) is 0 Å². The van der Waals surface area contributed by atoms with Gasteiger partial charge >= 0.3 is 0 Å². The van der Waals surface area contributed by atoms with E-state index in [2.05, 4.69) is 39.3 Å². The summed E-state index contributed by atoms with van der Waals surface area (Å²) in [5.74, 6) is 1.10. The molecule has 1 heterocycles. The molecule has 136 valence electrons. The molecule has 1 aromatic carbocycles. The van der Waals surface area contributed by atoms with Crippen molar-refractivity contribution in [3.05, 3.63) is 47.6 Å². The van der Waals surface area contributed by atoms with Crippen molar-refractivity contribution >= 4 is 24.8 Å². The van der Waals surface area contributed by atoms with Crippen LogP contribution in [0, 0.1) is 0 Å². The monoisotopic (exact) mass is 375 g/mol. The van der Waals surface area contributed by atoms with E-state index in [0.717, 1.165) is 19.5 Å². The molecule has 0 aliphatic carbocycles. The fourth-order valence-corrected chi connectivity index (χ4v) is 2.16. The van der Waals surface area contributed by atoms with Crippen LogP contribution in [-0.4, -0.2) is 34.7 Å². The molecule has 0 unspecified atom stereocenters. The second kappa shape index (κ2) is 10.6. The van der Waals surface area contributed by atoms with Gasteiger partial charge in [0.15, 0.2) is 5.82 Å². The van der Waals surface area contributed by atoms with Crippen molar-refractivity contribution in [1.82, 2.24) is 15.0 Å². The van der Waals surface area contributed by atoms with Crippen molar-refractivity contribution in [2.75, 3.05) is 19.6 Å². The van der Waals surface area contributed by atoms with Gasteiger partial charge in [0.2, 0.25) is 5.89 Å². The average Bonchev–Trinajstić information content (AvgIpc) is 2.95. The Labute approximate surface area is 155 Å². The Balaban J connectivity index is 0.00000264. The molecule has 0 saturated heterocycles. The third-order valence-electron chi connectivity index (χ3n) is 3.41. The third-order valence-corrected chi connectivity index (χ3v) is 3.41. The minimum absolute atomic E-state index is 0. The number of benzene rings is 1. The van der Waals surface area contributed by atoms with E-state index >= 15 is 0 Å². The standard InChI is InChI=1S/C16H25N5O.2ClH/c1-16(2,18)15-19-14(22-20-15)12-21(11-9-17)10-8-13-6-4-3-5-7-13;;/h3-7H,8-12,17-18H2,1-2H3;2*1H. The highest BCUT2D eigenvalue weighted by Gasteiger charge is 2.22. The molecule has 6 nitrogen and oxygen atoms in total. The SMILES string of the molecule is CC(C)(N)c1noc(CN(CCN)CCc2ccccc2)n1.Cl.Cl. The van der Waals surface area contributed by atoms with E-state index < -0.39 is 5.54 Å². The highest BCUT2D eigenvalue weighted by atomic mass is 35.5. The van der Waals surface area contributed by atoms with Gasteiger partial charge in [-0.1, -0.05) is 35.5 Å². The molecule has 1 aromatic heterocycles. The molecule has 0 atom stereocenters. The van der Waals surface area contributed by atoms with Crippen molar-refractivity contribution < 1.29 is 4.52 Å². The van der Waals surface area contributed by atoms with Gasteiger partial charge in [0.25, 0.3) is 0 Å². The van der Waals surface area contributed by atoms with Crippen LogP contribution in [-0.2, 0) is 18.5 Å². The Bertz CT molecular complexity index is 571. The molecule has 0 radical (unpaired) electrons. The second-order valence-electron chi connectivity index (χ2n) is 6.03. The second-order valence-corrected chi connectivity index (χ2v) is 6.03. The Kier molecular flexibility index (Phi) is 10.1. The summed E-state index contributed by atoms with van der Waals surface area (Å²) < 4.78 is 5.30. The first-order valence-electron chi connectivity index (χ1n) is 7.57. The molecule has 8 heteroatoms. The van der Waals surface area contributed by atoms with Gasteiger partial charge in [-0.25, -0.2) is 0 Å². The molecule has 4 N–H and O–H groups in total. The minimum atomic E-state index is -0.593. The third kappa shape index (κ3) is 7.15. The lowest BCUT2D eigenvalue weighted by atomic mass is 10.1. The van der Waals surface area contributed by atoms with Crippen LogP contribution in [0.3, 0.4) is 0 Å². The number of nitrogens with zero attached hydrogens (tertiary/aromatic N) is 3. The topological polar surface area (TPSA) is 94.2 Å². The predicted molar refractivity (Wildman–Crippen MR) is 100 cm³/mol. The zero-order valence-electron chi connectivity index (χ0n) is 14.1. The van der Waals surface area contributed by atoms with Crippen molar-refractivity contribution in [3.63, 3.8) is 0 Å². The van der Waals surface area contributed by atoms with Gasteiger partial charge in [0.1, 0.15) is 0 Å². The summed E-state index contributed by atoms with van der Waals surface area (Å²) in [6.45, 7) is 6.58. The van der Waals surface area contributed by atoms with Gasteiger partial charge in [-0.15, -0.1) is 24.8 Å². The quantitative estimate of drug-likeness (QED) is 0.733. The lowest BCUT2D eigenvalue weighted by Gasteiger charge is -2.19. The summed E-state index contributed by atoms with van der Waals surface area (Å²) in [6.07, 6.45) is 0.963. The van der Waals surface area contributed by atoms with Gasteiger partial charge < -0.3 is 16.0 Å². The number of aromatic nitrogens is 2. The average molecular weight is 376 g/mol. The highest BCUT2D eigenvalue weighted by molar-refractivity contribution is 5.85. The first-order valence-corrected chi connectivity index (χ1v) is 7.57. The molecule has 0 bridgehead atoms. The number of hydrogen-bond acceptors (Lipinski definition) is 6. The summed E-state index contributed by atoms with van der Waals surface area (Å²) in [7, 11) is 0. The number of rotatable bonds is 8. The van der Waals surface area contributed by atoms with E-state index in [1.807, 2.05) is 19.9 Å². The Hall–Kier alpha value is -1.18. The van der Waals surface area contributed by atoms with Crippen molar-refractivity contribution in [3.8, 4) is 0 Å². The lowest BCUT2D eigenvalue weighted by molar-refractivity contribution is 0.233. The smallest absolute Gasteiger partial charge is 0.240 e.